The fourth-order valence-electron chi connectivity index (χ4n) is 1.17. The van der Waals surface area contributed by atoms with Crippen LogP contribution in [0.1, 0.15) is 35.7 Å². The average Bonchev–Trinajstić information content (AvgIpc) is 2.03. The van der Waals surface area contributed by atoms with Gasteiger partial charge in [0.25, 0.3) is 0 Å². The predicted octanol–water partition coefficient (Wildman–Crippen LogP) is 2.03. The van der Waals surface area contributed by atoms with E-state index in [1.807, 2.05) is 13.8 Å². The standard InChI is InChI=1S/C10H12O3/c1-6(2)8-3-7(5-11)9(12)4-10(8)13/h3-6,12-13H,1-2H3. The van der Waals surface area contributed by atoms with E-state index in [9.17, 15) is 15.0 Å². The summed E-state index contributed by atoms with van der Waals surface area (Å²) in [6, 6.07) is 2.70. The summed E-state index contributed by atoms with van der Waals surface area (Å²) in [6.45, 7) is 3.81. The van der Waals surface area contributed by atoms with E-state index in [-0.39, 0.29) is 23.0 Å². The van der Waals surface area contributed by atoms with Crippen LogP contribution in [0.4, 0.5) is 0 Å². The molecule has 0 bridgehead atoms. The fourth-order valence-corrected chi connectivity index (χ4v) is 1.17. The molecule has 3 nitrogen and oxygen atoms in total. The first kappa shape index (κ1) is 9.58. The second-order valence-corrected chi connectivity index (χ2v) is 3.24. The molecule has 0 aliphatic carbocycles. The van der Waals surface area contributed by atoms with Gasteiger partial charge in [-0.3, -0.25) is 4.79 Å². The molecule has 1 aromatic rings. The molecule has 0 saturated heterocycles. The van der Waals surface area contributed by atoms with Crippen LogP contribution in [0.15, 0.2) is 12.1 Å². The zero-order valence-corrected chi connectivity index (χ0v) is 7.61. The van der Waals surface area contributed by atoms with Gasteiger partial charge < -0.3 is 10.2 Å². The third-order valence-electron chi connectivity index (χ3n) is 1.92. The first-order valence-corrected chi connectivity index (χ1v) is 4.07. The van der Waals surface area contributed by atoms with Gasteiger partial charge in [0.15, 0.2) is 6.29 Å². The predicted molar refractivity (Wildman–Crippen MR) is 49.2 cm³/mol. The number of aromatic hydroxyl groups is 2. The Morgan fingerprint density at radius 3 is 2.31 bits per heavy atom. The SMILES string of the molecule is CC(C)c1cc(C=O)c(O)cc1O. The molecule has 0 fully saturated rings. The highest BCUT2D eigenvalue weighted by Gasteiger charge is 2.10. The molecule has 1 rings (SSSR count). The van der Waals surface area contributed by atoms with E-state index >= 15 is 0 Å². The Labute approximate surface area is 76.6 Å². The van der Waals surface area contributed by atoms with Gasteiger partial charge in [-0.15, -0.1) is 0 Å². The normalized spacial score (nSPS) is 10.4. The summed E-state index contributed by atoms with van der Waals surface area (Å²) in [5.41, 5.74) is 0.876. The Bertz CT molecular complexity index is 329. The Hall–Kier alpha value is -1.51. The summed E-state index contributed by atoms with van der Waals surface area (Å²) in [7, 11) is 0. The number of carbonyl (C=O) groups is 1. The van der Waals surface area contributed by atoms with Crippen molar-refractivity contribution >= 4 is 6.29 Å². The molecule has 13 heavy (non-hydrogen) atoms. The molecule has 1 aromatic carbocycles. The van der Waals surface area contributed by atoms with Crippen molar-refractivity contribution in [3.8, 4) is 11.5 Å². The van der Waals surface area contributed by atoms with Crippen LogP contribution in [0.3, 0.4) is 0 Å². The molecule has 3 heteroatoms. The summed E-state index contributed by atoms with van der Waals surface area (Å²) < 4.78 is 0. The molecule has 0 heterocycles. The Morgan fingerprint density at radius 2 is 1.85 bits per heavy atom. The van der Waals surface area contributed by atoms with Crippen molar-refractivity contribution in [2.75, 3.05) is 0 Å². The fraction of sp³-hybridized carbons (Fsp3) is 0.300. The molecule has 0 spiro atoms. The maximum atomic E-state index is 10.5. The van der Waals surface area contributed by atoms with Gasteiger partial charge in [0.2, 0.25) is 0 Å². The molecule has 0 aromatic heterocycles. The van der Waals surface area contributed by atoms with Crippen LogP contribution in [0.5, 0.6) is 11.5 Å². The summed E-state index contributed by atoms with van der Waals surface area (Å²) in [5, 5.41) is 18.6. The zero-order valence-electron chi connectivity index (χ0n) is 7.61. The van der Waals surface area contributed by atoms with Gasteiger partial charge >= 0.3 is 0 Å². The van der Waals surface area contributed by atoms with Crippen molar-refractivity contribution in [2.45, 2.75) is 19.8 Å². The van der Waals surface area contributed by atoms with Crippen LogP contribution in [0, 0.1) is 0 Å². The quantitative estimate of drug-likeness (QED) is 0.684. The maximum Gasteiger partial charge on any atom is 0.153 e. The lowest BCUT2D eigenvalue weighted by Gasteiger charge is -2.09. The van der Waals surface area contributed by atoms with Crippen LogP contribution >= 0.6 is 0 Å². The number of rotatable bonds is 2. The highest BCUT2D eigenvalue weighted by atomic mass is 16.3. The summed E-state index contributed by atoms with van der Waals surface area (Å²) in [4.78, 5) is 10.5. The molecule has 0 amide bonds. The number of phenolic OH excluding ortho intramolecular Hbond substituents is 2. The molecule has 0 aliphatic heterocycles. The second kappa shape index (κ2) is 3.47. The minimum atomic E-state index is -0.183. The van der Waals surface area contributed by atoms with Crippen molar-refractivity contribution < 1.29 is 15.0 Å². The maximum absolute atomic E-state index is 10.5. The smallest absolute Gasteiger partial charge is 0.153 e. The third-order valence-corrected chi connectivity index (χ3v) is 1.92. The van der Waals surface area contributed by atoms with Gasteiger partial charge in [0.05, 0.1) is 5.56 Å². The van der Waals surface area contributed by atoms with E-state index in [1.54, 1.807) is 0 Å². The van der Waals surface area contributed by atoms with Crippen LogP contribution in [0.25, 0.3) is 0 Å². The van der Waals surface area contributed by atoms with E-state index in [1.165, 1.54) is 12.1 Å². The molecule has 0 atom stereocenters. The van der Waals surface area contributed by atoms with Gasteiger partial charge in [-0.05, 0) is 17.5 Å². The van der Waals surface area contributed by atoms with Gasteiger partial charge in [-0.1, -0.05) is 13.8 Å². The largest absolute Gasteiger partial charge is 0.508 e. The van der Waals surface area contributed by atoms with Crippen LogP contribution in [-0.2, 0) is 0 Å². The molecule has 0 unspecified atom stereocenters. The second-order valence-electron chi connectivity index (χ2n) is 3.24. The lowest BCUT2D eigenvalue weighted by Crippen LogP contribution is -1.91. The van der Waals surface area contributed by atoms with Crippen LogP contribution < -0.4 is 0 Å². The first-order valence-electron chi connectivity index (χ1n) is 4.07. The third kappa shape index (κ3) is 1.80. The van der Waals surface area contributed by atoms with Crippen LogP contribution in [-0.4, -0.2) is 16.5 Å². The Morgan fingerprint density at radius 1 is 1.23 bits per heavy atom. The van der Waals surface area contributed by atoms with Crippen LogP contribution in [0.2, 0.25) is 0 Å². The van der Waals surface area contributed by atoms with Gasteiger partial charge in [0, 0.05) is 6.07 Å². The molecule has 2 N–H and O–H groups in total. The minimum absolute atomic E-state index is 0.0260. The molecular weight excluding hydrogens is 168 g/mol. The lowest BCUT2D eigenvalue weighted by atomic mass is 9.99. The topological polar surface area (TPSA) is 57.5 Å². The summed E-state index contributed by atoms with van der Waals surface area (Å²) >= 11 is 0. The van der Waals surface area contributed by atoms with Crippen molar-refractivity contribution in [1.82, 2.24) is 0 Å². The molecule has 70 valence electrons. The monoisotopic (exact) mass is 180 g/mol. The van der Waals surface area contributed by atoms with Crippen molar-refractivity contribution in [3.05, 3.63) is 23.3 Å². The Kier molecular flexibility index (Phi) is 2.56. The van der Waals surface area contributed by atoms with E-state index in [0.29, 0.717) is 11.8 Å². The van der Waals surface area contributed by atoms with Crippen molar-refractivity contribution in [2.24, 2.45) is 0 Å². The van der Waals surface area contributed by atoms with Gasteiger partial charge in [-0.25, -0.2) is 0 Å². The number of phenols is 2. The zero-order chi connectivity index (χ0) is 10.0. The molecular formula is C10H12O3. The minimum Gasteiger partial charge on any atom is -0.508 e. The summed E-state index contributed by atoms with van der Waals surface area (Å²) in [6.07, 6.45) is 0.570. The Balaban J connectivity index is 3.30. The van der Waals surface area contributed by atoms with Crippen molar-refractivity contribution in [3.63, 3.8) is 0 Å². The number of hydrogen-bond acceptors (Lipinski definition) is 3. The lowest BCUT2D eigenvalue weighted by molar-refractivity contribution is 0.112. The van der Waals surface area contributed by atoms with E-state index in [2.05, 4.69) is 0 Å². The van der Waals surface area contributed by atoms with Gasteiger partial charge in [0.1, 0.15) is 11.5 Å². The number of hydrogen-bond donors (Lipinski definition) is 2. The first-order chi connectivity index (χ1) is 6.06. The molecule has 0 aliphatic rings. The highest BCUT2D eigenvalue weighted by Crippen LogP contribution is 2.31. The molecule has 0 radical (unpaired) electrons. The number of benzene rings is 1. The van der Waals surface area contributed by atoms with Crippen molar-refractivity contribution in [1.29, 1.82) is 0 Å². The average molecular weight is 180 g/mol. The number of carbonyl (C=O) groups excluding carboxylic acids is 1. The van der Waals surface area contributed by atoms with Gasteiger partial charge in [-0.2, -0.15) is 0 Å². The number of aldehydes is 1. The highest BCUT2D eigenvalue weighted by molar-refractivity contribution is 5.80. The van der Waals surface area contributed by atoms with E-state index in [4.69, 9.17) is 0 Å². The van der Waals surface area contributed by atoms with E-state index in [0.717, 1.165) is 0 Å². The summed E-state index contributed by atoms with van der Waals surface area (Å²) in [5.74, 6) is -0.0331. The van der Waals surface area contributed by atoms with E-state index < -0.39 is 0 Å². The molecule has 0 saturated carbocycles.